The second-order valence-corrected chi connectivity index (χ2v) is 4.60. The van der Waals surface area contributed by atoms with Gasteiger partial charge < -0.3 is 9.84 Å². The highest BCUT2D eigenvalue weighted by molar-refractivity contribution is 5.49. The molecule has 0 spiro atoms. The van der Waals surface area contributed by atoms with Gasteiger partial charge in [-0.3, -0.25) is 10.1 Å². The maximum atomic E-state index is 10.9. The van der Waals surface area contributed by atoms with E-state index < -0.39 is 11.0 Å². The van der Waals surface area contributed by atoms with E-state index in [1.807, 2.05) is 20.8 Å². The number of hydrogen-bond donors (Lipinski definition) is 1. The number of aliphatic hydroxyl groups excluding tert-OH is 1. The van der Waals surface area contributed by atoms with Crippen LogP contribution in [0.4, 0.5) is 5.69 Å². The van der Waals surface area contributed by atoms with Crippen LogP contribution < -0.4 is 4.74 Å². The third kappa shape index (κ3) is 3.92. The molecule has 106 valence electrons. The number of benzene rings is 1. The van der Waals surface area contributed by atoms with E-state index in [1.165, 1.54) is 6.07 Å². The van der Waals surface area contributed by atoms with Gasteiger partial charge in [0.25, 0.3) is 0 Å². The summed E-state index contributed by atoms with van der Waals surface area (Å²) < 4.78 is 5.43. The Bertz CT molecular complexity index is 433. The van der Waals surface area contributed by atoms with Crippen molar-refractivity contribution in [2.75, 3.05) is 6.61 Å². The average molecular weight is 267 g/mol. The van der Waals surface area contributed by atoms with Crippen LogP contribution in [0.3, 0.4) is 0 Å². The molecule has 0 aromatic heterocycles. The monoisotopic (exact) mass is 267 g/mol. The SMILES string of the molecule is CCCOc1cc(C(C)C(O)CC)ccc1[N+](=O)[O-]. The highest BCUT2D eigenvalue weighted by Crippen LogP contribution is 2.32. The van der Waals surface area contributed by atoms with Crippen LogP contribution >= 0.6 is 0 Å². The van der Waals surface area contributed by atoms with Crippen LogP contribution in [0.1, 0.15) is 45.1 Å². The topological polar surface area (TPSA) is 72.6 Å². The van der Waals surface area contributed by atoms with Crippen molar-refractivity contribution >= 4 is 5.69 Å². The highest BCUT2D eigenvalue weighted by Gasteiger charge is 2.20. The Kier molecular flexibility index (Phi) is 5.76. The molecule has 1 aromatic carbocycles. The number of aliphatic hydroxyl groups is 1. The van der Waals surface area contributed by atoms with Crippen molar-refractivity contribution in [2.24, 2.45) is 0 Å². The fourth-order valence-corrected chi connectivity index (χ4v) is 1.87. The largest absolute Gasteiger partial charge is 0.487 e. The van der Waals surface area contributed by atoms with Crippen molar-refractivity contribution in [3.8, 4) is 5.75 Å². The number of nitrogens with zero attached hydrogens (tertiary/aromatic N) is 1. The second-order valence-electron chi connectivity index (χ2n) is 4.60. The van der Waals surface area contributed by atoms with Crippen LogP contribution in [-0.2, 0) is 0 Å². The van der Waals surface area contributed by atoms with Gasteiger partial charge in [0.2, 0.25) is 0 Å². The standard InChI is InChI=1S/C14H21NO4/c1-4-8-19-14-9-11(10(3)13(16)5-2)6-7-12(14)15(17)18/h6-7,9-10,13,16H,4-5,8H2,1-3H3. The predicted molar refractivity (Wildman–Crippen MR) is 73.6 cm³/mol. The van der Waals surface area contributed by atoms with Crippen LogP contribution in [0.15, 0.2) is 18.2 Å². The van der Waals surface area contributed by atoms with Crippen molar-refractivity contribution in [1.82, 2.24) is 0 Å². The molecular weight excluding hydrogens is 246 g/mol. The third-order valence-corrected chi connectivity index (χ3v) is 3.16. The van der Waals surface area contributed by atoms with E-state index in [-0.39, 0.29) is 17.4 Å². The van der Waals surface area contributed by atoms with Gasteiger partial charge in [0.15, 0.2) is 5.75 Å². The average Bonchev–Trinajstić information content (AvgIpc) is 2.42. The van der Waals surface area contributed by atoms with Crippen LogP contribution in [-0.4, -0.2) is 22.7 Å². The molecule has 0 bridgehead atoms. The summed E-state index contributed by atoms with van der Waals surface area (Å²) in [6.07, 6.45) is 0.971. The predicted octanol–water partition coefficient (Wildman–Crippen LogP) is 3.26. The molecule has 0 heterocycles. The smallest absolute Gasteiger partial charge is 0.310 e. The summed E-state index contributed by atoms with van der Waals surface area (Å²) in [4.78, 5) is 10.5. The molecule has 0 aliphatic heterocycles. The van der Waals surface area contributed by atoms with Gasteiger partial charge in [-0.05, 0) is 24.5 Å². The molecule has 1 N–H and O–H groups in total. The van der Waals surface area contributed by atoms with Crippen LogP contribution in [0.2, 0.25) is 0 Å². The van der Waals surface area contributed by atoms with E-state index in [4.69, 9.17) is 4.74 Å². The van der Waals surface area contributed by atoms with Gasteiger partial charge in [0, 0.05) is 12.0 Å². The van der Waals surface area contributed by atoms with E-state index in [0.717, 1.165) is 12.0 Å². The Hall–Kier alpha value is -1.62. The summed E-state index contributed by atoms with van der Waals surface area (Å²) in [6, 6.07) is 4.79. The molecule has 5 nitrogen and oxygen atoms in total. The van der Waals surface area contributed by atoms with E-state index in [2.05, 4.69) is 0 Å². The number of hydrogen-bond acceptors (Lipinski definition) is 4. The Morgan fingerprint density at radius 3 is 2.63 bits per heavy atom. The summed E-state index contributed by atoms with van der Waals surface area (Å²) in [5.41, 5.74) is 0.821. The molecule has 19 heavy (non-hydrogen) atoms. The molecule has 2 atom stereocenters. The number of nitro benzene ring substituents is 1. The molecule has 0 aliphatic rings. The van der Waals surface area contributed by atoms with Crippen LogP contribution in [0, 0.1) is 10.1 Å². The first kappa shape index (κ1) is 15.4. The maximum Gasteiger partial charge on any atom is 0.310 e. The van der Waals surface area contributed by atoms with Crippen molar-refractivity contribution in [3.05, 3.63) is 33.9 Å². The zero-order valence-corrected chi connectivity index (χ0v) is 11.6. The number of nitro groups is 1. The van der Waals surface area contributed by atoms with Gasteiger partial charge in [-0.1, -0.05) is 26.8 Å². The maximum absolute atomic E-state index is 10.9. The zero-order chi connectivity index (χ0) is 14.4. The molecule has 0 amide bonds. The highest BCUT2D eigenvalue weighted by atomic mass is 16.6. The number of rotatable bonds is 7. The first-order valence-corrected chi connectivity index (χ1v) is 6.60. The lowest BCUT2D eigenvalue weighted by Gasteiger charge is -2.18. The second kappa shape index (κ2) is 7.09. The van der Waals surface area contributed by atoms with Crippen LogP contribution in [0.5, 0.6) is 5.75 Å². The minimum Gasteiger partial charge on any atom is -0.487 e. The fourth-order valence-electron chi connectivity index (χ4n) is 1.87. The number of ether oxygens (including phenoxy) is 1. The quantitative estimate of drug-likeness (QED) is 0.608. The molecular formula is C14H21NO4. The fraction of sp³-hybridized carbons (Fsp3) is 0.571. The van der Waals surface area contributed by atoms with Gasteiger partial charge in [0.1, 0.15) is 0 Å². The minimum absolute atomic E-state index is 0.0320. The first-order valence-electron chi connectivity index (χ1n) is 6.60. The Balaban J connectivity index is 3.06. The summed E-state index contributed by atoms with van der Waals surface area (Å²) in [5.74, 6) is 0.203. The Labute approximate surface area is 113 Å². The molecule has 0 saturated carbocycles. The zero-order valence-electron chi connectivity index (χ0n) is 11.6. The van der Waals surface area contributed by atoms with Gasteiger partial charge in [-0.2, -0.15) is 0 Å². The Morgan fingerprint density at radius 1 is 1.42 bits per heavy atom. The molecule has 5 heteroatoms. The lowest BCUT2D eigenvalue weighted by Crippen LogP contribution is -2.14. The summed E-state index contributed by atoms with van der Waals surface area (Å²) in [6.45, 7) is 6.19. The lowest BCUT2D eigenvalue weighted by atomic mass is 9.93. The molecule has 2 unspecified atom stereocenters. The van der Waals surface area contributed by atoms with Gasteiger partial charge in [0.05, 0.1) is 17.6 Å². The normalized spacial score (nSPS) is 13.9. The Morgan fingerprint density at radius 2 is 2.11 bits per heavy atom. The lowest BCUT2D eigenvalue weighted by molar-refractivity contribution is -0.385. The van der Waals surface area contributed by atoms with Crippen molar-refractivity contribution in [3.63, 3.8) is 0 Å². The van der Waals surface area contributed by atoms with Crippen LogP contribution in [0.25, 0.3) is 0 Å². The van der Waals surface area contributed by atoms with Crippen molar-refractivity contribution < 1.29 is 14.8 Å². The molecule has 0 saturated heterocycles. The molecule has 0 fully saturated rings. The summed E-state index contributed by atoms with van der Waals surface area (Å²) in [5, 5.41) is 20.8. The summed E-state index contributed by atoms with van der Waals surface area (Å²) >= 11 is 0. The van der Waals surface area contributed by atoms with Crippen molar-refractivity contribution in [1.29, 1.82) is 0 Å². The third-order valence-electron chi connectivity index (χ3n) is 3.16. The first-order chi connectivity index (χ1) is 9.01. The van der Waals surface area contributed by atoms with Gasteiger partial charge in [-0.25, -0.2) is 0 Å². The van der Waals surface area contributed by atoms with E-state index in [0.29, 0.717) is 13.0 Å². The van der Waals surface area contributed by atoms with E-state index >= 15 is 0 Å². The van der Waals surface area contributed by atoms with E-state index in [9.17, 15) is 15.2 Å². The van der Waals surface area contributed by atoms with E-state index in [1.54, 1.807) is 12.1 Å². The van der Waals surface area contributed by atoms with Gasteiger partial charge in [-0.15, -0.1) is 0 Å². The minimum atomic E-state index is -0.458. The molecule has 1 aromatic rings. The molecule has 0 radical (unpaired) electrons. The molecule has 0 aliphatic carbocycles. The van der Waals surface area contributed by atoms with Gasteiger partial charge >= 0.3 is 5.69 Å². The molecule has 1 rings (SSSR count). The summed E-state index contributed by atoms with van der Waals surface area (Å²) in [7, 11) is 0. The van der Waals surface area contributed by atoms with Crippen molar-refractivity contribution in [2.45, 2.75) is 45.6 Å².